The van der Waals surface area contributed by atoms with E-state index in [-0.39, 0.29) is 30.1 Å². The van der Waals surface area contributed by atoms with E-state index in [0.29, 0.717) is 8.42 Å². The molecule has 4 atom stereocenters. The molecule has 0 aliphatic rings. The fraction of sp³-hybridized carbons (Fsp3) is 0.750. The third kappa shape index (κ3) is 4.99. The molecule has 0 aromatic carbocycles. The van der Waals surface area contributed by atoms with E-state index in [4.69, 9.17) is 0 Å². The van der Waals surface area contributed by atoms with Crippen LogP contribution in [0.15, 0.2) is 0 Å². The Balaban J connectivity index is 3.98. The first-order valence-electron chi connectivity index (χ1n) is 4.34. The lowest BCUT2D eigenvalue weighted by Crippen LogP contribution is -2.30. The zero-order valence-corrected chi connectivity index (χ0v) is 10.8. The number of rotatable bonds is 6. The summed E-state index contributed by atoms with van der Waals surface area (Å²) < 4.78 is 4.54. The average Bonchev–Trinajstić information content (AvgIpc) is 2.16. The van der Waals surface area contributed by atoms with E-state index in [9.17, 15) is 9.59 Å². The van der Waals surface area contributed by atoms with Crippen LogP contribution in [0, 0.1) is 5.92 Å². The molecule has 4 nitrogen and oxygen atoms in total. The zero-order chi connectivity index (χ0) is 11.1. The fourth-order valence-corrected chi connectivity index (χ4v) is 2.13. The van der Waals surface area contributed by atoms with E-state index < -0.39 is 0 Å². The maximum absolute atomic E-state index is 11.5. The van der Waals surface area contributed by atoms with E-state index in [0.717, 1.165) is 0 Å². The van der Waals surface area contributed by atoms with E-state index in [2.05, 4.69) is 18.8 Å². The summed E-state index contributed by atoms with van der Waals surface area (Å²) >= 11 is 0. The number of esters is 1. The molecule has 0 fully saturated rings. The molecule has 6 heteroatoms. The van der Waals surface area contributed by atoms with Gasteiger partial charge in [-0.05, 0) is 15.3 Å². The minimum absolute atomic E-state index is 0.0397. The number of ether oxygens (including phenoxy) is 1. The van der Waals surface area contributed by atoms with Crippen LogP contribution in [0.2, 0.25) is 0 Å². The van der Waals surface area contributed by atoms with Crippen LogP contribution >= 0.6 is 17.3 Å². The van der Waals surface area contributed by atoms with Gasteiger partial charge < -0.3 is 4.74 Å². The predicted molar refractivity (Wildman–Crippen MR) is 61.4 cm³/mol. The van der Waals surface area contributed by atoms with E-state index >= 15 is 0 Å². The first-order valence-corrected chi connectivity index (χ1v) is 7.15. The van der Waals surface area contributed by atoms with Gasteiger partial charge in [0.05, 0.1) is 19.1 Å². The summed E-state index contributed by atoms with van der Waals surface area (Å²) in [7, 11) is 4.29. The van der Waals surface area contributed by atoms with Crippen LogP contribution in [0.4, 0.5) is 0 Å². The van der Waals surface area contributed by atoms with Crippen molar-refractivity contribution in [2.24, 2.45) is 5.92 Å². The smallest absolute Gasteiger partial charge is 0.308 e. The van der Waals surface area contributed by atoms with E-state index in [1.54, 1.807) is 13.8 Å². The molecular formula is C8H17NO3P2. The molecule has 0 aliphatic heterocycles. The van der Waals surface area contributed by atoms with Gasteiger partial charge in [0, 0.05) is 6.42 Å². The normalized spacial score (nSPS) is 15.4. The summed E-state index contributed by atoms with van der Waals surface area (Å²) in [6.45, 7) is 3.49. The van der Waals surface area contributed by atoms with Crippen LogP contribution in [-0.2, 0) is 14.3 Å². The third-order valence-electron chi connectivity index (χ3n) is 1.89. The van der Waals surface area contributed by atoms with Gasteiger partial charge in [-0.25, -0.2) is 0 Å². The number of ketones is 1. The molecule has 0 bridgehead atoms. The molecule has 0 heterocycles. The molecule has 0 aliphatic carbocycles. The summed E-state index contributed by atoms with van der Waals surface area (Å²) in [5, 5.41) is 3.00. The second kappa shape index (κ2) is 7.28. The molecule has 0 saturated carbocycles. The Bertz CT molecular complexity index is 211. The summed E-state index contributed by atoms with van der Waals surface area (Å²) in [5.41, 5.74) is 0. The highest BCUT2D eigenvalue weighted by molar-refractivity contribution is 8.01. The van der Waals surface area contributed by atoms with Crippen molar-refractivity contribution in [1.82, 2.24) is 5.09 Å². The number of carbonyl (C=O) groups excluding carboxylic acids is 2. The molecule has 0 aromatic heterocycles. The van der Waals surface area contributed by atoms with Crippen LogP contribution in [0.3, 0.4) is 0 Å². The molecule has 0 aromatic rings. The Morgan fingerprint density at radius 1 is 1.50 bits per heavy atom. The molecule has 82 valence electrons. The topological polar surface area (TPSA) is 55.4 Å². The highest BCUT2D eigenvalue weighted by atomic mass is 32.0. The van der Waals surface area contributed by atoms with E-state index in [1.807, 2.05) is 0 Å². The Labute approximate surface area is 88.5 Å². The highest BCUT2D eigenvalue weighted by Crippen LogP contribution is 2.16. The minimum atomic E-state index is -0.357. The average molecular weight is 237 g/mol. The Hall–Kier alpha value is -0.0400. The van der Waals surface area contributed by atoms with E-state index in [1.165, 1.54) is 7.11 Å². The molecule has 0 spiro atoms. The monoisotopic (exact) mass is 237 g/mol. The maximum atomic E-state index is 11.5. The van der Waals surface area contributed by atoms with Crippen molar-refractivity contribution in [3.05, 3.63) is 0 Å². The van der Waals surface area contributed by atoms with Crippen molar-refractivity contribution in [2.75, 3.05) is 7.11 Å². The lowest BCUT2D eigenvalue weighted by molar-refractivity contribution is -0.146. The molecule has 14 heavy (non-hydrogen) atoms. The second-order valence-electron chi connectivity index (χ2n) is 3.11. The SMILES string of the molecule is COC(=O)[C@H](C)CC(=O)[C@H](C)NPP. The van der Waals surface area contributed by atoms with Crippen molar-refractivity contribution in [3.63, 3.8) is 0 Å². The molecule has 0 saturated heterocycles. The van der Waals surface area contributed by atoms with Gasteiger partial charge in [-0.3, -0.25) is 14.7 Å². The molecule has 1 N–H and O–H groups in total. The van der Waals surface area contributed by atoms with Gasteiger partial charge in [-0.15, -0.1) is 0 Å². The van der Waals surface area contributed by atoms with Crippen LogP contribution in [0.5, 0.6) is 0 Å². The minimum Gasteiger partial charge on any atom is -0.469 e. The first kappa shape index (κ1) is 14.0. The summed E-state index contributed by atoms with van der Waals surface area (Å²) in [5.74, 6) is -0.652. The van der Waals surface area contributed by atoms with Crippen LogP contribution in [0.1, 0.15) is 20.3 Å². The molecule has 0 rings (SSSR count). The van der Waals surface area contributed by atoms with Crippen molar-refractivity contribution in [1.29, 1.82) is 0 Å². The highest BCUT2D eigenvalue weighted by Gasteiger charge is 2.20. The largest absolute Gasteiger partial charge is 0.469 e. The standard InChI is InChI=1S/C8H17NO3P2/c1-5(8(11)12-3)4-7(10)6(2)9-14-13/h5-6,9,14H,4,13H2,1-3H3/t5-,6+/m1/s1. The number of hydrogen-bond donors (Lipinski definition) is 1. The van der Waals surface area contributed by atoms with Crippen LogP contribution in [-0.4, -0.2) is 24.9 Å². The van der Waals surface area contributed by atoms with Crippen molar-refractivity contribution in [3.8, 4) is 0 Å². The van der Waals surface area contributed by atoms with Gasteiger partial charge in [0.25, 0.3) is 0 Å². The van der Waals surface area contributed by atoms with Gasteiger partial charge in [0.2, 0.25) is 0 Å². The van der Waals surface area contributed by atoms with Gasteiger partial charge in [0.15, 0.2) is 5.78 Å². The summed E-state index contributed by atoms with van der Waals surface area (Å²) in [6, 6.07) is -0.196. The van der Waals surface area contributed by atoms with Crippen LogP contribution in [0.25, 0.3) is 0 Å². The third-order valence-corrected chi connectivity index (χ3v) is 2.99. The Morgan fingerprint density at radius 3 is 2.50 bits per heavy atom. The number of nitrogens with one attached hydrogen (secondary N) is 1. The quantitative estimate of drug-likeness (QED) is 0.555. The molecule has 0 amide bonds. The number of carbonyl (C=O) groups is 2. The Morgan fingerprint density at radius 2 is 2.07 bits per heavy atom. The van der Waals surface area contributed by atoms with Gasteiger partial charge >= 0.3 is 5.97 Å². The lowest BCUT2D eigenvalue weighted by Gasteiger charge is -2.13. The molecule has 0 radical (unpaired) electrons. The molecule has 2 unspecified atom stereocenters. The number of methoxy groups -OCH3 is 1. The lowest BCUT2D eigenvalue weighted by atomic mass is 10.0. The molecular weight excluding hydrogens is 220 g/mol. The van der Waals surface area contributed by atoms with Gasteiger partial charge in [-0.1, -0.05) is 15.9 Å². The summed E-state index contributed by atoms with van der Waals surface area (Å²) in [4.78, 5) is 22.5. The fourth-order valence-electron chi connectivity index (χ4n) is 0.969. The zero-order valence-electron chi connectivity index (χ0n) is 8.66. The summed E-state index contributed by atoms with van der Waals surface area (Å²) in [6.07, 6.45) is 0.232. The number of Topliss-reactive ketones (excluding diaryl/α,β-unsaturated/α-hetero) is 1. The number of hydrogen-bond acceptors (Lipinski definition) is 4. The maximum Gasteiger partial charge on any atom is 0.308 e. The van der Waals surface area contributed by atoms with Crippen molar-refractivity contribution in [2.45, 2.75) is 26.3 Å². The Kier molecular flexibility index (Phi) is 7.26. The van der Waals surface area contributed by atoms with Gasteiger partial charge in [-0.2, -0.15) is 0 Å². The first-order chi connectivity index (χ1) is 6.52. The van der Waals surface area contributed by atoms with Crippen LogP contribution < -0.4 is 5.09 Å². The van der Waals surface area contributed by atoms with Gasteiger partial charge in [0.1, 0.15) is 0 Å². The van der Waals surface area contributed by atoms with Crippen molar-refractivity contribution >= 4 is 29.1 Å². The van der Waals surface area contributed by atoms with Crippen molar-refractivity contribution < 1.29 is 14.3 Å². The predicted octanol–water partition coefficient (Wildman–Crippen LogP) is 1.12. The second-order valence-corrected chi connectivity index (χ2v) is 4.55.